The summed E-state index contributed by atoms with van der Waals surface area (Å²) in [6.07, 6.45) is 5.60. The van der Waals surface area contributed by atoms with E-state index in [0.29, 0.717) is 11.5 Å². The molecule has 3 heteroatoms. The first-order chi connectivity index (χ1) is 10.0. The minimum atomic E-state index is 0.408. The number of aliphatic imine (C=N–C) groups is 2. The molecule has 2 N–H and O–H groups in total. The number of allylic oxidation sites excluding steroid dienone is 4. The van der Waals surface area contributed by atoms with Crippen LogP contribution in [0.4, 0.5) is 5.69 Å². The molecule has 21 heavy (non-hydrogen) atoms. The zero-order valence-electron chi connectivity index (χ0n) is 13.2. The third kappa shape index (κ3) is 4.56. The third-order valence-electron chi connectivity index (χ3n) is 3.13. The monoisotopic (exact) mass is 281 g/mol. The minimum Gasteiger partial charge on any atom is -0.382 e. The van der Waals surface area contributed by atoms with Crippen LogP contribution in [0.5, 0.6) is 0 Å². The van der Waals surface area contributed by atoms with Crippen molar-refractivity contribution in [1.82, 2.24) is 0 Å². The first-order valence-electron chi connectivity index (χ1n) is 6.94. The first kappa shape index (κ1) is 16.6. The Bertz CT molecular complexity index is 632. The van der Waals surface area contributed by atoms with E-state index in [-0.39, 0.29) is 0 Å². The summed E-state index contributed by atoms with van der Waals surface area (Å²) in [5.41, 5.74) is 10.5. The predicted octanol–water partition coefficient (Wildman–Crippen LogP) is 4.48. The second-order valence-corrected chi connectivity index (χ2v) is 4.60. The van der Waals surface area contributed by atoms with Crippen LogP contribution in [-0.2, 0) is 0 Å². The topological polar surface area (TPSA) is 50.7 Å². The molecule has 3 nitrogen and oxygen atoms in total. The van der Waals surface area contributed by atoms with Gasteiger partial charge >= 0.3 is 0 Å². The van der Waals surface area contributed by atoms with Crippen molar-refractivity contribution in [2.75, 3.05) is 0 Å². The van der Waals surface area contributed by atoms with Crippen LogP contribution < -0.4 is 5.73 Å². The fraction of sp³-hybridized carbons (Fsp3) is 0.222. The summed E-state index contributed by atoms with van der Waals surface area (Å²) in [5.74, 6) is 0.408. The molecular weight excluding hydrogens is 258 g/mol. The van der Waals surface area contributed by atoms with E-state index in [2.05, 4.69) is 16.6 Å². The Kier molecular flexibility index (Phi) is 6.34. The Labute approximate surface area is 127 Å². The first-order valence-corrected chi connectivity index (χ1v) is 6.94. The van der Waals surface area contributed by atoms with E-state index >= 15 is 0 Å². The summed E-state index contributed by atoms with van der Waals surface area (Å²) in [4.78, 5) is 9.01. The molecule has 0 amide bonds. The van der Waals surface area contributed by atoms with Crippen LogP contribution >= 0.6 is 0 Å². The van der Waals surface area contributed by atoms with Gasteiger partial charge in [-0.1, -0.05) is 43.0 Å². The summed E-state index contributed by atoms with van der Waals surface area (Å²) < 4.78 is 0. The molecule has 0 aliphatic rings. The second-order valence-electron chi connectivity index (χ2n) is 4.60. The fourth-order valence-electron chi connectivity index (χ4n) is 1.87. The van der Waals surface area contributed by atoms with Gasteiger partial charge in [0.15, 0.2) is 0 Å². The molecule has 0 atom stereocenters. The van der Waals surface area contributed by atoms with Gasteiger partial charge in [0.2, 0.25) is 0 Å². The van der Waals surface area contributed by atoms with Gasteiger partial charge in [-0.2, -0.15) is 0 Å². The van der Waals surface area contributed by atoms with Crippen LogP contribution in [0.2, 0.25) is 0 Å². The van der Waals surface area contributed by atoms with Crippen molar-refractivity contribution in [2.24, 2.45) is 15.7 Å². The van der Waals surface area contributed by atoms with Crippen molar-refractivity contribution in [1.29, 1.82) is 0 Å². The van der Waals surface area contributed by atoms with Gasteiger partial charge in [-0.05, 0) is 44.9 Å². The summed E-state index contributed by atoms with van der Waals surface area (Å²) in [6, 6.07) is 7.86. The SMILES string of the molecule is C=CC(=C\C)/C(C)=N/C(=C\C)C(N)=Nc1ccccc1C. The molecule has 0 spiro atoms. The van der Waals surface area contributed by atoms with Crippen LogP contribution in [-0.4, -0.2) is 11.5 Å². The fourth-order valence-corrected chi connectivity index (χ4v) is 1.87. The minimum absolute atomic E-state index is 0.408. The Hall–Kier alpha value is -2.42. The Morgan fingerprint density at radius 1 is 1.19 bits per heavy atom. The highest BCUT2D eigenvalue weighted by Gasteiger charge is 2.04. The van der Waals surface area contributed by atoms with E-state index in [4.69, 9.17) is 5.73 Å². The Morgan fingerprint density at radius 3 is 2.38 bits per heavy atom. The van der Waals surface area contributed by atoms with Gasteiger partial charge in [0, 0.05) is 5.71 Å². The highest BCUT2D eigenvalue weighted by Crippen LogP contribution is 2.18. The van der Waals surface area contributed by atoms with Gasteiger partial charge in [-0.15, -0.1) is 0 Å². The van der Waals surface area contributed by atoms with Crippen molar-refractivity contribution < 1.29 is 0 Å². The summed E-state index contributed by atoms with van der Waals surface area (Å²) in [6.45, 7) is 11.6. The summed E-state index contributed by atoms with van der Waals surface area (Å²) >= 11 is 0. The standard InChI is InChI=1S/C18H23N3/c1-6-15(7-2)14(5)20-16(8-3)18(19)21-17-12-10-9-11-13(17)4/h6-12H,1H2,2-5H3,(H2,19,21)/b15-7+,16-8-,20-14+. The number of amidine groups is 1. The molecule has 0 aliphatic carbocycles. The maximum absolute atomic E-state index is 6.09. The van der Waals surface area contributed by atoms with Crippen molar-refractivity contribution in [3.63, 3.8) is 0 Å². The van der Waals surface area contributed by atoms with Gasteiger partial charge in [0.05, 0.1) is 5.69 Å². The Morgan fingerprint density at radius 2 is 1.86 bits per heavy atom. The van der Waals surface area contributed by atoms with E-state index < -0.39 is 0 Å². The van der Waals surface area contributed by atoms with Crippen molar-refractivity contribution in [3.05, 3.63) is 65.9 Å². The molecule has 0 saturated heterocycles. The highest BCUT2D eigenvalue weighted by atomic mass is 14.9. The van der Waals surface area contributed by atoms with Gasteiger partial charge < -0.3 is 5.73 Å². The molecule has 0 fully saturated rings. The zero-order chi connectivity index (χ0) is 15.8. The van der Waals surface area contributed by atoms with Gasteiger partial charge in [-0.3, -0.25) is 0 Å². The van der Waals surface area contributed by atoms with E-state index in [9.17, 15) is 0 Å². The molecule has 110 valence electrons. The van der Waals surface area contributed by atoms with Crippen LogP contribution in [0, 0.1) is 6.92 Å². The Balaban J connectivity index is 3.15. The number of aryl methyl sites for hydroxylation is 1. The second kappa shape index (κ2) is 8.00. The van der Waals surface area contributed by atoms with E-state index in [0.717, 1.165) is 22.5 Å². The molecule has 1 rings (SSSR count). The smallest absolute Gasteiger partial charge is 0.149 e. The summed E-state index contributed by atoms with van der Waals surface area (Å²) in [5, 5.41) is 0. The molecule has 0 aromatic heterocycles. The lowest BCUT2D eigenvalue weighted by Crippen LogP contribution is -2.14. The lowest BCUT2D eigenvalue weighted by Gasteiger charge is -2.06. The van der Waals surface area contributed by atoms with Gasteiger partial charge in [-0.25, -0.2) is 9.98 Å². The van der Waals surface area contributed by atoms with Crippen LogP contribution in [0.1, 0.15) is 26.3 Å². The normalized spacial score (nSPS) is 14.3. The molecule has 0 bridgehead atoms. The van der Waals surface area contributed by atoms with E-state index in [1.807, 2.05) is 64.1 Å². The number of nitrogens with two attached hydrogens (primary N) is 1. The maximum Gasteiger partial charge on any atom is 0.149 e. The van der Waals surface area contributed by atoms with Crippen LogP contribution in [0.3, 0.4) is 0 Å². The third-order valence-corrected chi connectivity index (χ3v) is 3.13. The van der Waals surface area contributed by atoms with Gasteiger partial charge in [0.1, 0.15) is 11.5 Å². The molecule has 1 aromatic rings. The van der Waals surface area contributed by atoms with E-state index in [1.54, 1.807) is 6.08 Å². The van der Waals surface area contributed by atoms with Crippen molar-refractivity contribution in [2.45, 2.75) is 27.7 Å². The number of hydrogen-bond acceptors (Lipinski definition) is 2. The number of rotatable bonds is 5. The molecule has 0 saturated carbocycles. The lowest BCUT2D eigenvalue weighted by atomic mass is 10.1. The largest absolute Gasteiger partial charge is 0.382 e. The van der Waals surface area contributed by atoms with Crippen molar-refractivity contribution in [3.8, 4) is 0 Å². The quantitative estimate of drug-likeness (QED) is 0.483. The van der Waals surface area contributed by atoms with Crippen LogP contribution in [0.15, 0.2) is 70.3 Å². The van der Waals surface area contributed by atoms with Crippen LogP contribution in [0.25, 0.3) is 0 Å². The average molecular weight is 281 g/mol. The zero-order valence-corrected chi connectivity index (χ0v) is 13.2. The molecular formula is C18H23N3. The number of hydrogen-bond donors (Lipinski definition) is 1. The maximum atomic E-state index is 6.09. The van der Waals surface area contributed by atoms with E-state index in [1.165, 1.54) is 0 Å². The van der Waals surface area contributed by atoms with Crippen molar-refractivity contribution >= 4 is 17.2 Å². The lowest BCUT2D eigenvalue weighted by molar-refractivity contribution is 1.32. The van der Waals surface area contributed by atoms with Gasteiger partial charge in [0.25, 0.3) is 0 Å². The summed E-state index contributed by atoms with van der Waals surface area (Å²) in [7, 11) is 0. The molecule has 0 heterocycles. The molecule has 0 radical (unpaired) electrons. The average Bonchev–Trinajstić information content (AvgIpc) is 2.48. The number of nitrogens with zero attached hydrogens (tertiary/aromatic N) is 2. The molecule has 0 aliphatic heterocycles. The highest BCUT2D eigenvalue weighted by molar-refractivity contribution is 6.06. The number of benzene rings is 1. The molecule has 0 unspecified atom stereocenters. The predicted molar refractivity (Wildman–Crippen MR) is 93.3 cm³/mol. The number of para-hydroxylation sites is 1. The molecule has 1 aromatic carbocycles.